The number of hydrogen-bond donors (Lipinski definition) is 1. The zero-order valence-electron chi connectivity index (χ0n) is 12.1. The molecule has 0 aliphatic carbocycles. The zero-order chi connectivity index (χ0) is 17.0. The van der Waals surface area contributed by atoms with Crippen LogP contribution < -0.4 is 0 Å². The van der Waals surface area contributed by atoms with Crippen LogP contribution in [0.3, 0.4) is 0 Å². The summed E-state index contributed by atoms with van der Waals surface area (Å²) in [5.74, 6) is -3.88. The molecular weight excluding hydrogens is 315 g/mol. The number of ether oxygens (including phenoxy) is 1. The minimum Gasteiger partial charge on any atom is -0.479 e. The lowest BCUT2D eigenvalue weighted by atomic mass is 9.94. The normalized spacial score (nSPS) is 20.1. The molecule has 0 aromatic heterocycles. The first-order chi connectivity index (χ1) is 10.8. The number of morpholine rings is 1. The average molecular weight is 331 g/mol. The van der Waals surface area contributed by atoms with E-state index < -0.39 is 36.5 Å². The molecule has 2 atom stereocenters. The molecule has 23 heavy (non-hydrogen) atoms. The Morgan fingerprint density at radius 1 is 1.30 bits per heavy atom. The molecule has 0 spiro atoms. The quantitative estimate of drug-likeness (QED) is 0.917. The fourth-order valence-corrected chi connectivity index (χ4v) is 2.44. The predicted octanol–water partition coefficient (Wildman–Crippen LogP) is 2.03. The van der Waals surface area contributed by atoms with E-state index in [2.05, 4.69) is 0 Å². The van der Waals surface area contributed by atoms with Crippen molar-refractivity contribution in [2.45, 2.75) is 24.6 Å². The maximum atomic E-state index is 13.2. The van der Waals surface area contributed by atoms with Crippen molar-refractivity contribution >= 4 is 11.9 Å². The third-order valence-electron chi connectivity index (χ3n) is 3.67. The van der Waals surface area contributed by atoms with Crippen LogP contribution in [-0.2, 0) is 14.3 Å². The highest BCUT2D eigenvalue weighted by atomic mass is 19.4. The molecule has 1 aliphatic rings. The summed E-state index contributed by atoms with van der Waals surface area (Å²) in [6.45, 7) is -0.166. The van der Waals surface area contributed by atoms with Crippen LogP contribution in [0.1, 0.15) is 17.9 Å². The van der Waals surface area contributed by atoms with Gasteiger partial charge in [0.15, 0.2) is 6.10 Å². The Labute approximate surface area is 130 Å². The van der Waals surface area contributed by atoms with Gasteiger partial charge in [-0.1, -0.05) is 30.3 Å². The van der Waals surface area contributed by atoms with E-state index in [1.165, 1.54) is 24.3 Å². The lowest BCUT2D eigenvalue weighted by molar-refractivity contribution is -0.167. The maximum Gasteiger partial charge on any atom is 0.396 e. The molecular formula is C15H16F3NO4. The maximum absolute atomic E-state index is 13.2. The van der Waals surface area contributed by atoms with Crippen LogP contribution in [0.2, 0.25) is 0 Å². The van der Waals surface area contributed by atoms with Gasteiger partial charge in [-0.05, 0) is 5.56 Å². The third kappa shape index (κ3) is 4.44. The van der Waals surface area contributed by atoms with Crippen LogP contribution >= 0.6 is 0 Å². The molecule has 2 rings (SSSR count). The fourth-order valence-electron chi connectivity index (χ4n) is 2.44. The molecule has 0 saturated carbocycles. The lowest BCUT2D eigenvalue weighted by Gasteiger charge is -2.32. The molecule has 1 aliphatic heterocycles. The number of nitrogens with zero attached hydrogens (tertiary/aromatic N) is 1. The summed E-state index contributed by atoms with van der Waals surface area (Å²) in [4.78, 5) is 24.2. The lowest BCUT2D eigenvalue weighted by Crippen LogP contribution is -2.49. The Balaban J connectivity index is 2.10. The highest BCUT2D eigenvalue weighted by Crippen LogP contribution is 2.37. The molecule has 8 heteroatoms. The first-order valence-corrected chi connectivity index (χ1v) is 7.03. The number of carboxylic acid groups (broad SMARTS) is 1. The van der Waals surface area contributed by atoms with Gasteiger partial charge in [0.05, 0.1) is 19.1 Å². The van der Waals surface area contributed by atoms with Crippen LogP contribution in [0, 0.1) is 0 Å². The zero-order valence-corrected chi connectivity index (χ0v) is 12.1. The summed E-state index contributed by atoms with van der Waals surface area (Å²) in [6, 6.07) is 7.20. The van der Waals surface area contributed by atoms with Gasteiger partial charge in [0.2, 0.25) is 5.91 Å². The second kappa shape index (κ2) is 6.99. The highest BCUT2D eigenvalue weighted by Gasteiger charge is 2.43. The predicted molar refractivity (Wildman–Crippen MR) is 73.8 cm³/mol. The summed E-state index contributed by atoms with van der Waals surface area (Å²) in [5.41, 5.74) is 0.0106. The number of carbonyl (C=O) groups excluding carboxylic acids is 1. The largest absolute Gasteiger partial charge is 0.479 e. The van der Waals surface area contributed by atoms with E-state index in [0.29, 0.717) is 0 Å². The number of aliphatic carboxylic acids is 1. The Hall–Kier alpha value is -2.09. The van der Waals surface area contributed by atoms with Crippen LogP contribution in [0.4, 0.5) is 13.2 Å². The topological polar surface area (TPSA) is 66.8 Å². The first-order valence-electron chi connectivity index (χ1n) is 7.03. The fraction of sp³-hybridized carbons (Fsp3) is 0.467. The van der Waals surface area contributed by atoms with E-state index in [1.807, 2.05) is 0 Å². The Morgan fingerprint density at radius 3 is 2.52 bits per heavy atom. The molecule has 5 nitrogen and oxygen atoms in total. The summed E-state index contributed by atoms with van der Waals surface area (Å²) < 4.78 is 44.7. The van der Waals surface area contributed by atoms with Crippen molar-refractivity contribution in [1.29, 1.82) is 0 Å². The van der Waals surface area contributed by atoms with Gasteiger partial charge in [-0.2, -0.15) is 13.2 Å². The molecule has 0 bridgehead atoms. The van der Waals surface area contributed by atoms with E-state index in [9.17, 15) is 22.8 Å². The van der Waals surface area contributed by atoms with Crippen molar-refractivity contribution < 1.29 is 32.6 Å². The standard InChI is InChI=1S/C15H16F3NO4/c16-15(17,18)11(10-4-2-1-3-5-10)8-13(20)19-6-7-23-12(9-19)14(21)22/h1-5,11-12H,6-9H2,(H,21,22)/t11-,12+/m1/s1. The van der Waals surface area contributed by atoms with Crippen LogP contribution in [0.25, 0.3) is 0 Å². The van der Waals surface area contributed by atoms with Gasteiger partial charge in [0.25, 0.3) is 0 Å². The van der Waals surface area contributed by atoms with Crippen LogP contribution in [-0.4, -0.2) is 53.9 Å². The molecule has 1 heterocycles. The van der Waals surface area contributed by atoms with Gasteiger partial charge in [-0.3, -0.25) is 4.79 Å². The van der Waals surface area contributed by atoms with E-state index in [4.69, 9.17) is 9.84 Å². The summed E-state index contributed by atoms with van der Waals surface area (Å²) >= 11 is 0. The monoisotopic (exact) mass is 331 g/mol. The van der Waals surface area contributed by atoms with Crippen molar-refractivity contribution in [2.75, 3.05) is 19.7 Å². The number of carbonyl (C=O) groups is 2. The molecule has 0 unspecified atom stereocenters. The van der Waals surface area contributed by atoms with Crippen LogP contribution in [0.15, 0.2) is 30.3 Å². The third-order valence-corrected chi connectivity index (χ3v) is 3.67. The van der Waals surface area contributed by atoms with Gasteiger partial charge in [0.1, 0.15) is 0 Å². The highest BCUT2D eigenvalue weighted by molar-refractivity contribution is 5.79. The molecule has 126 valence electrons. The van der Waals surface area contributed by atoms with Crippen LogP contribution in [0.5, 0.6) is 0 Å². The van der Waals surface area contributed by atoms with Crippen molar-refractivity contribution in [1.82, 2.24) is 4.90 Å². The van der Waals surface area contributed by atoms with Gasteiger partial charge in [0, 0.05) is 13.0 Å². The second-order valence-corrected chi connectivity index (χ2v) is 5.25. The molecule has 1 aromatic carbocycles. The van der Waals surface area contributed by atoms with Gasteiger partial charge < -0.3 is 14.7 Å². The minimum absolute atomic E-state index is 0.00920. The molecule has 1 aromatic rings. The number of carboxylic acids is 1. The number of hydrogen-bond acceptors (Lipinski definition) is 3. The van der Waals surface area contributed by atoms with Gasteiger partial charge >= 0.3 is 12.1 Å². The van der Waals surface area contributed by atoms with Crippen molar-refractivity contribution in [3.8, 4) is 0 Å². The number of amides is 1. The summed E-state index contributed by atoms with van der Waals surface area (Å²) in [6.07, 6.45) is -6.51. The van der Waals surface area contributed by atoms with Gasteiger partial charge in [-0.25, -0.2) is 4.79 Å². The van der Waals surface area contributed by atoms with E-state index in [0.717, 1.165) is 4.90 Å². The Kier molecular flexibility index (Phi) is 5.25. The Bertz CT molecular complexity index is 562. The molecule has 0 radical (unpaired) electrons. The number of benzene rings is 1. The molecule has 1 amide bonds. The SMILES string of the molecule is O=C(O)[C@@H]1CN(C(=O)C[C@H](c2ccccc2)C(F)(F)F)CCO1. The number of alkyl halides is 3. The van der Waals surface area contributed by atoms with E-state index in [-0.39, 0.29) is 25.3 Å². The van der Waals surface area contributed by atoms with Crippen molar-refractivity contribution in [3.63, 3.8) is 0 Å². The smallest absolute Gasteiger partial charge is 0.396 e. The second-order valence-electron chi connectivity index (χ2n) is 5.25. The van der Waals surface area contributed by atoms with Crippen molar-refractivity contribution in [3.05, 3.63) is 35.9 Å². The molecule has 1 N–H and O–H groups in total. The Morgan fingerprint density at radius 2 is 1.96 bits per heavy atom. The first kappa shape index (κ1) is 17.3. The van der Waals surface area contributed by atoms with Crippen molar-refractivity contribution in [2.24, 2.45) is 0 Å². The molecule has 1 saturated heterocycles. The van der Waals surface area contributed by atoms with E-state index >= 15 is 0 Å². The van der Waals surface area contributed by atoms with E-state index in [1.54, 1.807) is 6.07 Å². The summed E-state index contributed by atoms with van der Waals surface area (Å²) in [5, 5.41) is 8.88. The number of halogens is 3. The summed E-state index contributed by atoms with van der Waals surface area (Å²) in [7, 11) is 0. The minimum atomic E-state index is -4.56. The average Bonchev–Trinajstić information content (AvgIpc) is 2.52. The van der Waals surface area contributed by atoms with Gasteiger partial charge in [-0.15, -0.1) is 0 Å². The number of rotatable bonds is 4. The molecule has 1 fully saturated rings.